The van der Waals surface area contributed by atoms with Crippen LogP contribution in [0.15, 0.2) is 30.6 Å². The van der Waals surface area contributed by atoms with Gasteiger partial charge in [-0.05, 0) is 24.6 Å². The highest BCUT2D eigenvalue weighted by molar-refractivity contribution is 6.31. The molecule has 0 saturated carbocycles. The van der Waals surface area contributed by atoms with E-state index in [1.807, 2.05) is 25.1 Å². The number of rotatable bonds is 2. The molecule has 1 N–H and O–H groups in total. The number of hydrogen-bond donors (Lipinski definition) is 1. The zero-order chi connectivity index (χ0) is 11.5. The van der Waals surface area contributed by atoms with E-state index in [9.17, 15) is 0 Å². The summed E-state index contributed by atoms with van der Waals surface area (Å²) in [6.07, 6.45) is 3.09. The Morgan fingerprint density at radius 1 is 1.19 bits per heavy atom. The molecule has 0 spiro atoms. The maximum atomic E-state index is 5.91. The van der Waals surface area contributed by atoms with Crippen molar-refractivity contribution in [2.75, 3.05) is 5.32 Å². The molecule has 0 atom stereocenters. The van der Waals surface area contributed by atoms with Gasteiger partial charge in [0.25, 0.3) is 0 Å². The first kappa shape index (κ1) is 11.2. The third-order valence-electron chi connectivity index (χ3n) is 2.07. The Morgan fingerprint density at radius 2 is 2.00 bits per heavy atom. The Bertz CT molecular complexity index is 514. The minimum absolute atomic E-state index is 0.352. The van der Waals surface area contributed by atoms with Crippen molar-refractivity contribution in [1.82, 2.24) is 9.97 Å². The average Bonchev–Trinajstić information content (AvgIpc) is 2.24. The summed E-state index contributed by atoms with van der Waals surface area (Å²) in [5, 5.41) is 4.13. The second kappa shape index (κ2) is 4.68. The molecule has 0 radical (unpaired) electrons. The molecular weight excluding hydrogens is 245 g/mol. The molecular formula is C11H9Cl2N3. The van der Waals surface area contributed by atoms with Crippen LogP contribution in [0.5, 0.6) is 0 Å². The largest absolute Gasteiger partial charge is 0.339 e. The number of nitrogens with zero attached hydrogens (tertiary/aromatic N) is 2. The lowest BCUT2D eigenvalue weighted by Gasteiger charge is -2.08. The van der Waals surface area contributed by atoms with Gasteiger partial charge in [-0.2, -0.15) is 0 Å². The van der Waals surface area contributed by atoms with Crippen LogP contribution in [-0.2, 0) is 0 Å². The van der Waals surface area contributed by atoms with Crippen molar-refractivity contribution in [3.8, 4) is 0 Å². The normalized spacial score (nSPS) is 10.2. The van der Waals surface area contributed by atoms with Crippen LogP contribution >= 0.6 is 23.2 Å². The second-order valence-corrected chi connectivity index (χ2v) is 4.13. The summed E-state index contributed by atoms with van der Waals surface area (Å²) >= 11 is 11.7. The van der Waals surface area contributed by atoms with Gasteiger partial charge in [0.1, 0.15) is 5.15 Å². The van der Waals surface area contributed by atoms with Gasteiger partial charge in [0.2, 0.25) is 0 Å². The average molecular weight is 254 g/mol. The van der Waals surface area contributed by atoms with Gasteiger partial charge in [-0.3, -0.25) is 4.98 Å². The van der Waals surface area contributed by atoms with Crippen molar-refractivity contribution in [3.63, 3.8) is 0 Å². The second-order valence-electron chi connectivity index (χ2n) is 3.31. The number of hydrogen-bond acceptors (Lipinski definition) is 3. The van der Waals surface area contributed by atoms with E-state index in [1.54, 1.807) is 6.20 Å². The Kier molecular flexibility index (Phi) is 3.27. The first-order valence-corrected chi connectivity index (χ1v) is 5.41. The summed E-state index contributed by atoms with van der Waals surface area (Å²) in [5.74, 6) is 0.595. The minimum Gasteiger partial charge on any atom is -0.339 e. The Balaban J connectivity index is 2.30. The first-order valence-electron chi connectivity index (χ1n) is 4.66. The van der Waals surface area contributed by atoms with E-state index in [-0.39, 0.29) is 0 Å². The zero-order valence-electron chi connectivity index (χ0n) is 8.54. The van der Waals surface area contributed by atoms with Crippen molar-refractivity contribution in [3.05, 3.63) is 46.3 Å². The van der Waals surface area contributed by atoms with Gasteiger partial charge >= 0.3 is 0 Å². The monoisotopic (exact) mass is 253 g/mol. The molecule has 1 heterocycles. The smallest absolute Gasteiger partial charge is 0.150 e. The fourth-order valence-electron chi connectivity index (χ4n) is 1.27. The van der Waals surface area contributed by atoms with E-state index in [0.717, 1.165) is 11.3 Å². The third kappa shape index (κ3) is 2.62. The number of anilines is 2. The molecule has 3 nitrogen and oxygen atoms in total. The molecule has 5 heteroatoms. The SMILES string of the molecule is Cc1ccc(Cl)cc1Nc1cncc(Cl)n1. The topological polar surface area (TPSA) is 37.8 Å². The fraction of sp³-hybridized carbons (Fsp3) is 0.0909. The number of aromatic nitrogens is 2. The van der Waals surface area contributed by atoms with Gasteiger partial charge in [-0.25, -0.2) is 4.98 Å². The van der Waals surface area contributed by atoms with Crippen molar-refractivity contribution in [2.24, 2.45) is 0 Å². The van der Waals surface area contributed by atoms with E-state index in [2.05, 4.69) is 15.3 Å². The van der Waals surface area contributed by atoms with Crippen LogP contribution in [0, 0.1) is 6.92 Å². The summed E-state index contributed by atoms with van der Waals surface area (Å²) in [6, 6.07) is 5.60. The summed E-state index contributed by atoms with van der Waals surface area (Å²) in [4.78, 5) is 8.03. The molecule has 0 amide bonds. The predicted octanol–water partition coefficient (Wildman–Crippen LogP) is 3.84. The fourth-order valence-corrected chi connectivity index (χ4v) is 1.59. The molecule has 0 bridgehead atoms. The van der Waals surface area contributed by atoms with Gasteiger partial charge in [-0.1, -0.05) is 29.3 Å². The van der Waals surface area contributed by atoms with E-state index in [1.165, 1.54) is 6.20 Å². The molecule has 16 heavy (non-hydrogen) atoms. The lowest BCUT2D eigenvalue weighted by molar-refractivity contribution is 1.19. The number of benzene rings is 1. The minimum atomic E-state index is 0.352. The summed E-state index contributed by atoms with van der Waals surface area (Å²) in [7, 11) is 0. The molecule has 0 aliphatic carbocycles. The van der Waals surface area contributed by atoms with E-state index >= 15 is 0 Å². The maximum absolute atomic E-state index is 5.91. The first-order chi connectivity index (χ1) is 7.65. The standard InChI is InChI=1S/C11H9Cl2N3/c1-7-2-3-8(12)4-9(7)15-11-6-14-5-10(13)16-11/h2-6H,1H3,(H,15,16). The molecule has 2 aromatic rings. The highest BCUT2D eigenvalue weighted by Crippen LogP contribution is 2.23. The Hall–Kier alpha value is -1.32. The van der Waals surface area contributed by atoms with Gasteiger partial charge in [0.05, 0.1) is 12.4 Å². The van der Waals surface area contributed by atoms with Crippen LogP contribution in [0.4, 0.5) is 11.5 Å². The molecule has 0 fully saturated rings. The number of halogens is 2. The quantitative estimate of drug-likeness (QED) is 0.884. The van der Waals surface area contributed by atoms with Gasteiger partial charge in [0.15, 0.2) is 5.82 Å². The molecule has 82 valence electrons. The van der Waals surface area contributed by atoms with Crippen LogP contribution in [0.3, 0.4) is 0 Å². The number of nitrogens with one attached hydrogen (secondary N) is 1. The molecule has 0 aliphatic rings. The summed E-state index contributed by atoms with van der Waals surface area (Å²) < 4.78 is 0. The summed E-state index contributed by atoms with van der Waals surface area (Å²) in [5.41, 5.74) is 1.97. The molecule has 0 unspecified atom stereocenters. The maximum Gasteiger partial charge on any atom is 0.150 e. The van der Waals surface area contributed by atoms with Crippen LogP contribution in [-0.4, -0.2) is 9.97 Å². The predicted molar refractivity (Wildman–Crippen MR) is 66.5 cm³/mol. The Labute approximate surface area is 103 Å². The zero-order valence-corrected chi connectivity index (χ0v) is 10.0. The third-order valence-corrected chi connectivity index (χ3v) is 2.48. The number of aryl methyl sites for hydroxylation is 1. The summed E-state index contributed by atoms with van der Waals surface area (Å²) in [6.45, 7) is 1.98. The van der Waals surface area contributed by atoms with Crippen LogP contribution in [0.1, 0.15) is 5.56 Å². The van der Waals surface area contributed by atoms with Gasteiger partial charge in [0, 0.05) is 10.7 Å². The lowest BCUT2D eigenvalue weighted by atomic mass is 10.2. The highest BCUT2D eigenvalue weighted by Gasteiger charge is 2.01. The van der Waals surface area contributed by atoms with Crippen molar-refractivity contribution in [1.29, 1.82) is 0 Å². The van der Waals surface area contributed by atoms with Crippen molar-refractivity contribution in [2.45, 2.75) is 6.92 Å². The molecule has 1 aromatic carbocycles. The van der Waals surface area contributed by atoms with E-state index in [0.29, 0.717) is 16.0 Å². The van der Waals surface area contributed by atoms with E-state index < -0.39 is 0 Å². The Morgan fingerprint density at radius 3 is 2.75 bits per heavy atom. The van der Waals surface area contributed by atoms with Gasteiger partial charge < -0.3 is 5.32 Å². The molecule has 2 rings (SSSR count). The van der Waals surface area contributed by atoms with E-state index in [4.69, 9.17) is 23.2 Å². The van der Waals surface area contributed by atoms with Crippen molar-refractivity contribution >= 4 is 34.7 Å². The molecule has 0 saturated heterocycles. The molecule has 0 aliphatic heterocycles. The molecule has 1 aromatic heterocycles. The van der Waals surface area contributed by atoms with Crippen LogP contribution in [0.25, 0.3) is 0 Å². The van der Waals surface area contributed by atoms with Crippen molar-refractivity contribution < 1.29 is 0 Å². The highest BCUT2D eigenvalue weighted by atomic mass is 35.5. The van der Waals surface area contributed by atoms with Gasteiger partial charge in [-0.15, -0.1) is 0 Å². The van der Waals surface area contributed by atoms with Crippen LogP contribution < -0.4 is 5.32 Å². The lowest BCUT2D eigenvalue weighted by Crippen LogP contribution is -1.96. The van der Waals surface area contributed by atoms with Crippen LogP contribution in [0.2, 0.25) is 10.2 Å².